The average Bonchev–Trinajstić information content (AvgIpc) is 3.28. The molecule has 0 bridgehead atoms. The van der Waals surface area contributed by atoms with Crippen LogP contribution in [0.1, 0.15) is 30.2 Å². The molecule has 0 spiro atoms. The number of aliphatic hydroxyl groups is 1. The quantitative estimate of drug-likeness (QED) is 0.864. The number of halogens is 1. The lowest BCUT2D eigenvalue weighted by atomic mass is 10.1. The van der Waals surface area contributed by atoms with Gasteiger partial charge in [0.25, 0.3) is 0 Å². The van der Waals surface area contributed by atoms with Crippen LogP contribution in [0.2, 0.25) is 5.02 Å². The summed E-state index contributed by atoms with van der Waals surface area (Å²) in [5.74, 6) is 0. The molecule has 2 aromatic rings. The minimum Gasteiger partial charge on any atom is -0.387 e. The van der Waals surface area contributed by atoms with E-state index in [-0.39, 0.29) is 6.04 Å². The lowest BCUT2D eigenvalue weighted by Crippen LogP contribution is -2.14. The fraction of sp³-hybridized carbons (Fsp3) is 0.294. The summed E-state index contributed by atoms with van der Waals surface area (Å²) in [5.41, 5.74) is 2.22. The van der Waals surface area contributed by atoms with E-state index in [0.717, 1.165) is 12.1 Å². The van der Waals surface area contributed by atoms with Crippen LogP contribution in [-0.4, -0.2) is 22.6 Å². The molecule has 2 aromatic carbocycles. The Hall–Kier alpha value is -1.35. The molecule has 3 heteroatoms. The zero-order chi connectivity index (χ0) is 14.1. The van der Waals surface area contributed by atoms with Crippen molar-refractivity contribution < 1.29 is 5.11 Å². The van der Waals surface area contributed by atoms with Crippen molar-refractivity contribution in [2.24, 2.45) is 0 Å². The monoisotopic (exact) mass is 287 g/mol. The third-order valence-electron chi connectivity index (χ3n) is 4.05. The highest BCUT2D eigenvalue weighted by Crippen LogP contribution is 2.38. The molecule has 1 aliphatic heterocycles. The Morgan fingerprint density at radius 2 is 1.70 bits per heavy atom. The first-order valence-electron chi connectivity index (χ1n) is 6.91. The topological polar surface area (TPSA) is 23.2 Å². The molecule has 1 aliphatic rings. The minimum atomic E-state index is -0.446. The SMILES string of the molecule is C[C@H](c1ccccc1)N1C[C@H]1[C@H](O)c1ccc(Cl)cc1. The Labute approximate surface area is 124 Å². The maximum Gasteiger partial charge on any atom is 0.0957 e. The maximum absolute atomic E-state index is 10.4. The van der Waals surface area contributed by atoms with Gasteiger partial charge in [-0.3, -0.25) is 4.90 Å². The van der Waals surface area contributed by atoms with E-state index < -0.39 is 6.10 Å². The first-order chi connectivity index (χ1) is 9.66. The molecule has 0 radical (unpaired) electrons. The van der Waals surface area contributed by atoms with Crippen molar-refractivity contribution in [1.82, 2.24) is 4.90 Å². The van der Waals surface area contributed by atoms with Crippen LogP contribution in [0.5, 0.6) is 0 Å². The molecule has 0 aromatic heterocycles. The van der Waals surface area contributed by atoms with Gasteiger partial charge in [0.05, 0.1) is 12.1 Å². The van der Waals surface area contributed by atoms with Crippen LogP contribution >= 0.6 is 11.6 Å². The maximum atomic E-state index is 10.4. The van der Waals surface area contributed by atoms with Crippen LogP contribution < -0.4 is 0 Å². The highest BCUT2D eigenvalue weighted by Gasteiger charge is 2.43. The van der Waals surface area contributed by atoms with Crippen molar-refractivity contribution >= 4 is 11.6 Å². The second kappa shape index (κ2) is 5.57. The molecule has 0 aliphatic carbocycles. The Morgan fingerprint density at radius 1 is 1.05 bits per heavy atom. The summed E-state index contributed by atoms with van der Waals surface area (Å²) in [6.07, 6.45) is -0.446. The van der Waals surface area contributed by atoms with E-state index in [9.17, 15) is 5.11 Å². The molecule has 3 rings (SSSR count). The Morgan fingerprint density at radius 3 is 2.35 bits per heavy atom. The van der Waals surface area contributed by atoms with Gasteiger partial charge in [0.15, 0.2) is 0 Å². The van der Waals surface area contributed by atoms with Gasteiger partial charge in [-0.2, -0.15) is 0 Å². The molecule has 1 saturated heterocycles. The predicted molar refractivity (Wildman–Crippen MR) is 81.8 cm³/mol. The van der Waals surface area contributed by atoms with Crippen LogP contribution in [0.25, 0.3) is 0 Å². The molecule has 4 atom stereocenters. The minimum absolute atomic E-state index is 0.200. The number of nitrogens with zero attached hydrogens (tertiary/aromatic N) is 1. The van der Waals surface area contributed by atoms with Gasteiger partial charge >= 0.3 is 0 Å². The van der Waals surface area contributed by atoms with Crippen molar-refractivity contribution in [3.63, 3.8) is 0 Å². The number of aliphatic hydroxyl groups excluding tert-OH is 1. The fourth-order valence-corrected chi connectivity index (χ4v) is 2.83. The van der Waals surface area contributed by atoms with E-state index in [0.29, 0.717) is 11.1 Å². The Bertz CT molecular complexity index is 569. The molecular formula is C17H18ClNO. The molecule has 0 amide bonds. The van der Waals surface area contributed by atoms with Gasteiger partial charge in [0, 0.05) is 17.6 Å². The summed E-state index contributed by atoms with van der Waals surface area (Å²) < 4.78 is 0. The summed E-state index contributed by atoms with van der Waals surface area (Å²) in [7, 11) is 0. The third-order valence-corrected chi connectivity index (χ3v) is 4.30. The van der Waals surface area contributed by atoms with Crippen LogP contribution in [-0.2, 0) is 0 Å². The van der Waals surface area contributed by atoms with Gasteiger partial charge in [0.1, 0.15) is 0 Å². The van der Waals surface area contributed by atoms with Crippen molar-refractivity contribution in [2.45, 2.75) is 25.1 Å². The Kier molecular flexibility index (Phi) is 3.79. The summed E-state index contributed by atoms with van der Waals surface area (Å²) in [6, 6.07) is 18.4. The molecule has 0 saturated carbocycles. The number of hydrogen-bond donors (Lipinski definition) is 1. The first kappa shape index (κ1) is 13.6. The van der Waals surface area contributed by atoms with Crippen molar-refractivity contribution in [2.75, 3.05) is 6.54 Å². The van der Waals surface area contributed by atoms with Crippen LogP contribution in [0.3, 0.4) is 0 Å². The van der Waals surface area contributed by atoms with E-state index in [2.05, 4.69) is 36.1 Å². The standard InChI is InChI=1S/C17H18ClNO/c1-12(13-5-3-2-4-6-13)19-11-16(19)17(20)14-7-9-15(18)10-8-14/h2-10,12,16-17,20H,11H2,1H3/t12-,16+,17-,19?/m1/s1. The third kappa shape index (κ3) is 2.73. The summed E-state index contributed by atoms with van der Waals surface area (Å²) in [6.45, 7) is 3.11. The van der Waals surface area contributed by atoms with Crippen molar-refractivity contribution in [3.05, 3.63) is 70.7 Å². The Balaban J connectivity index is 1.68. The van der Waals surface area contributed by atoms with E-state index in [1.807, 2.05) is 30.3 Å². The van der Waals surface area contributed by atoms with Gasteiger partial charge in [-0.05, 0) is 30.2 Å². The molecule has 1 fully saturated rings. The average molecular weight is 288 g/mol. The van der Waals surface area contributed by atoms with Crippen molar-refractivity contribution in [3.8, 4) is 0 Å². The lowest BCUT2D eigenvalue weighted by molar-refractivity contribution is 0.151. The van der Waals surface area contributed by atoms with Gasteiger partial charge in [0.2, 0.25) is 0 Å². The second-order valence-electron chi connectivity index (χ2n) is 5.35. The van der Waals surface area contributed by atoms with Crippen LogP contribution in [0, 0.1) is 0 Å². The van der Waals surface area contributed by atoms with Gasteiger partial charge in [-0.25, -0.2) is 0 Å². The molecule has 1 heterocycles. The van der Waals surface area contributed by atoms with E-state index in [4.69, 9.17) is 11.6 Å². The second-order valence-corrected chi connectivity index (χ2v) is 5.78. The highest BCUT2D eigenvalue weighted by atomic mass is 35.5. The summed E-state index contributed by atoms with van der Waals surface area (Å²) in [5, 5.41) is 11.1. The van der Waals surface area contributed by atoms with E-state index >= 15 is 0 Å². The largest absolute Gasteiger partial charge is 0.387 e. The molecule has 1 N–H and O–H groups in total. The number of hydrogen-bond acceptors (Lipinski definition) is 2. The molecule has 2 nitrogen and oxygen atoms in total. The zero-order valence-corrected chi connectivity index (χ0v) is 12.2. The smallest absolute Gasteiger partial charge is 0.0957 e. The van der Waals surface area contributed by atoms with Gasteiger partial charge in [-0.15, -0.1) is 0 Å². The van der Waals surface area contributed by atoms with E-state index in [1.165, 1.54) is 5.56 Å². The number of benzene rings is 2. The highest BCUT2D eigenvalue weighted by molar-refractivity contribution is 6.30. The molecule has 1 unspecified atom stereocenters. The van der Waals surface area contributed by atoms with Gasteiger partial charge in [-0.1, -0.05) is 54.1 Å². The van der Waals surface area contributed by atoms with Crippen LogP contribution in [0.4, 0.5) is 0 Å². The lowest BCUT2D eigenvalue weighted by Gasteiger charge is -2.17. The van der Waals surface area contributed by atoms with E-state index in [1.54, 1.807) is 0 Å². The normalized spacial score (nSPS) is 24.1. The molecule has 104 valence electrons. The van der Waals surface area contributed by atoms with Crippen LogP contribution in [0.15, 0.2) is 54.6 Å². The fourth-order valence-electron chi connectivity index (χ4n) is 2.70. The zero-order valence-electron chi connectivity index (χ0n) is 11.4. The summed E-state index contributed by atoms with van der Waals surface area (Å²) >= 11 is 5.88. The van der Waals surface area contributed by atoms with Gasteiger partial charge < -0.3 is 5.11 Å². The predicted octanol–water partition coefficient (Wildman–Crippen LogP) is 3.82. The summed E-state index contributed by atoms with van der Waals surface area (Å²) in [4.78, 5) is 2.31. The molecule has 20 heavy (non-hydrogen) atoms. The molecular weight excluding hydrogens is 270 g/mol. The number of rotatable bonds is 4. The van der Waals surface area contributed by atoms with Crippen molar-refractivity contribution in [1.29, 1.82) is 0 Å². The first-order valence-corrected chi connectivity index (χ1v) is 7.29.